The third-order valence-electron chi connectivity index (χ3n) is 4.36. The molecule has 0 fully saturated rings. The molecule has 2 N–H and O–H groups in total. The van der Waals surface area contributed by atoms with Crippen molar-refractivity contribution in [1.29, 1.82) is 0 Å². The summed E-state index contributed by atoms with van der Waals surface area (Å²) in [6, 6.07) is 19.4. The second-order valence-electron chi connectivity index (χ2n) is 6.40. The van der Waals surface area contributed by atoms with Crippen molar-refractivity contribution >= 4 is 29.1 Å². The van der Waals surface area contributed by atoms with E-state index < -0.39 is 0 Å². The highest BCUT2D eigenvalue weighted by atomic mass is 35.5. The quantitative estimate of drug-likeness (QED) is 0.661. The summed E-state index contributed by atoms with van der Waals surface area (Å²) in [7, 11) is 0. The Morgan fingerprint density at radius 2 is 1.72 bits per heavy atom. The van der Waals surface area contributed by atoms with Crippen molar-refractivity contribution in [2.75, 3.05) is 12.1 Å². The Morgan fingerprint density at radius 3 is 2.55 bits per heavy atom. The highest BCUT2D eigenvalue weighted by Crippen LogP contribution is 2.39. The molecule has 6 nitrogen and oxygen atoms in total. The van der Waals surface area contributed by atoms with Crippen LogP contribution < -0.4 is 20.1 Å². The molecule has 29 heavy (non-hydrogen) atoms. The fraction of sp³-hybridized carbons (Fsp3) is 0.0909. The lowest BCUT2D eigenvalue weighted by molar-refractivity contribution is 0.0950. The topological polar surface area (TPSA) is 76.7 Å². The second-order valence-corrected chi connectivity index (χ2v) is 6.80. The van der Waals surface area contributed by atoms with Gasteiger partial charge in [-0.2, -0.15) is 0 Å². The minimum Gasteiger partial charge on any atom is -0.454 e. The SMILES string of the molecule is O=C(NCc1cccc(C(=O)Nc2ccccc2)c1)c1cc(Cl)c2c(c1)OCO2. The Hall–Kier alpha value is -3.51. The van der Waals surface area contributed by atoms with Gasteiger partial charge in [0.15, 0.2) is 11.5 Å². The first-order valence-electron chi connectivity index (χ1n) is 8.93. The number of ether oxygens (including phenoxy) is 2. The molecule has 0 spiro atoms. The highest BCUT2D eigenvalue weighted by molar-refractivity contribution is 6.32. The standard InChI is InChI=1S/C22H17ClN2O4/c23-18-10-16(11-19-20(18)29-13-28-19)21(26)24-12-14-5-4-6-15(9-14)22(27)25-17-7-2-1-3-8-17/h1-11H,12-13H2,(H,24,26)(H,25,27). The maximum Gasteiger partial charge on any atom is 0.255 e. The molecule has 7 heteroatoms. The van der Waals surface area contributed by atoms with Crippen LogP contribution in [0.5, 0.6) is 11.5 Å². The Labute approximate surface area is 172 Å². The number of carbonyl (C=O) groups excluding carboxylic acids is 2. The molecule has 146 valence electrons. The molecule has 0 atom stereocenters. The van der Waals surface area contributed by atoms with Crippen LogP contribution in [0, 0.1) is 0 Å². The predicted molar refractivity (Wildman–Crippen MR) is 110 cm³/mol. The Balaban J connectivity index is 1.41. The highest BCUT2D eigenvalue weighted by Gasteiger charge is 2.20. The van der Waals surface area contributed by atoms with Gasteiger partial charge in [0.05, 0.1) is 5.02 Å². The third-order valence-corrected chi connectivity index (χ3v) is 4.64. The Kier molecular flexibility index (Phi) is 5.35. The van der Waals surface area contributed by atoms with E-state index in [1.54, 1.807) is 24.3 Å². The molecule has 2 amide bonds. The van der Waals surface area contributed by atoms with Crippen LogP contribution in [0.25, 0.3) is 0 Å². The van der Waals surface area contributed by atoms with E-state index >= 15 is 0 Å². The van der Waals surface area contributed by atoms with E-state index in [9.17, 15) is 9.59 Å². The molecule has 0 radical (unpaired) electrons. The smallest absolute Gasteiger partial charge is 0.255 e. The zero-order valence-corrected chi connectivity index (χ0v) is 16.0. The summed E-state index contributed by atoms with van der Waals surface area (Å²) in [6.07, 6.45) is 0. The average molecular weight is 409 g/mol. The molecule has 0 saturated carbocycles. The molecule has 0 aliphatic carbocycles. The minimum atomic E-state index is -0.302. The first-order valence-corrected chi connectivity index (χ1v) is 9.30. The van der Waals surface area contributed by atoms with Gasteiger partial charge >= 0.3 is 0 Å². The van der Waals surface area contributed by atoms with Crippen molar-refractivity contribution < 1.29 is 19.1 Å². The second kappa shape index (κ2) is 8.24. The molecule has 0 saturated heterocycles. The molecule has 0 aromatic heterocycles. The maximum atomic E-state index is 12.5. The molecule has 3 aromatic carbocycles. The molecule has 3 aromatic rings. The van der Waals surface area contributed by atoms with Gasteiger partial charge < -0.3 is 20.1 Å². The van der Waals surface area contributed by atoms with Crippen molar-refractivity contribution in [1.82, 2.24) is 5.32 Å². The number of nitrogens with one attached hydrogen (secondary N) is 2. The number of halogens is 1. The lowest BCUT2D eigenvalue weighted by Crippen LogP contribution is -2.23. The number of rotatable bonds is 5. The molecule has 4 rings (SSSR count). The van der Waals surface area contributed by atoms with Crippen LogP contribution >= 0.6 is 11.6 Å². The van der Waals surface area contributed by atoms with Gasteiger partial charge in [-0.25, -0.2) is 0 Å². The number of para-hydroxylation sites is 1. The van der Waals surface area contributed by atoms with Crippen LogP contribution in [0.1, 0.15) is 26.3 Å². The monoisotopic (exact) mass is 408 g/mol. The van der Waals surface area contributed by atoms with Crippen LogP contribution in [-0.2, 0) is 6.54 Å². The molecule has 0 bridgehead atoms. The van der Waals surface area contributed by atoms with Crippen LogP contribution in [0.4, 0.5) is 5.69 Å². The van der Waals surface area contributed by atoms with Gasteiger partial charge in [-0.15, -0.1) is 0 Å². The van der Waals surface area contributed by atoms with Gasteiger partial charge in [0.2, 0.25) is 6.79 Å². The lowest BCUT2D eigenvalue weighted by atomic mass is 10.1. The van der Waals surface area contributed by atoms with Crippen LogP contribution in [0.3, 0.4) is 0 Å². The van der Waals surface area contributed by atoms with Gasteiger partial charge in [0, 0.05) is 23.4 Å². The lowest BCUT2D eigenvalue weighted by Gasteiger charge is -2.09. The minimum absolute atomic E-state index is 0.0813. The van der Waals surface area contributed by atoms with Crippen LogP contribution in [-0.4, -0.2) is 18.6 Å². The van der Waals surface area contributed by atoms with Crippen molar-refractivity contribution in [3.8, 4) is 11.5 Å². The summed E-state index contributed by atoms with van der Waals surface area (Å²) < 4.78 is 10.5. The summed E-state index contributed by atoms with van der Waals surface area (Å²) in [5.74, 6) is 0.374. The fourth-order valence-electron chi connectivity index (χ4n) is 2.93. The van der Waals surface area contributed by atoms with E-state index in [4.69, 9.17) is 21.1 Å². The summed E-state index contributed by atoms with van der Waals surface area (Å²) >= 11 is 6.13. The molecule has 1 heterocycles. The zero-order chi connectivity index (χ0) is 20.2. The molecule has 1 aliphatic heterocycles. The predicted octanol–water partition coefficient (Wildman–Crippen LogP) is 4.25. The summed E-state index contributed by atoms with van der Waals surface area (Å²) in [5, 5.41) is 5.99. The zero-order valence-electron chi connectivity index (χ0n) is 15.3. The average Bonchev–Trinajstić information content (AvgIpc) is 3.22. The van der Waals surface area contributed by atoms with E-state index in [2.05, 4.69) is 10.6 Å². The number of amides is 2. The molecule has 0 unspecified atom stereocenters. The van der Waals surface area contributed by atoms with Crippen molar-refractivity contribution in [2.24, 2.45) is 0 Å². The van der Waals surface area contributed by atoms with Crippen LogP contribution in [0.2, 0.25) is 5.02 Å². The number of hydrogen-bond donors (Lipinski definition) is 2. The van der Waals surface area contributed by atoms with Gasteiger partial charge in [0.1, 0.15) is 0 Å². The normalized spacial score (nSPS) is 11.8. The maximum absolute atomic E-state index is 12.5. The first-order chi connectivity index (χ1) is 14.1. The summed E-state index contributed by atoms with van der Waals surface area (Å²) in [4.78, 5) is 24.9. The van der Waals surface area contributed by atoms with Crippen molar-refractivity contribution in [2.45, 2.75) is 6.54 Å². The summed E-state index contributed by atoms with van der Waals surface area (Å²) in [6.45, 7) is 0.343. The van der Waals surface area contributed by atoms with E-state index in [0.29, 0.717) is 27.6 Å². The number of fused-ring (bicyclic) bond motifs is 1. The van der Waals surface area contributed by atoms with Crippen LogP contribution in [0.15, 0.2) is 66.7 Å². The van der Waals surface area contributed by atoms with E-state index in [1.807, 2.05) is 36.4 Å². The van der Waals surface area contributed by atoms with E-state index in [0.717, 1.165) is 11.3 Å². The number of hydrogen-bond acceptors (Lipinski definition) is 4. The summed E-state index contributed by atoms with van der Waals surface area (Å²) in [5.41, 5.74) is 2.39. The van der Waals surface area contributed by atoms with Gasteiger partial charge in [0.25, 0.3) is 11.8 Å². The molecule has 1 aliphatic rings. The number of carbonyl (C=O) groups is 2. The van der Waals surface area contributed by atoms with Crippen molar-refractivity contribution in [3.05, 3.63) is 88.4 Å². The van der Waals surface area contributed by atoms with Gasteiger partial charge in [-0.1, -0.05) is 41.9 Å². The number of benzene rings is 3. The Bertz CT molecular complexity index is 1070. The van der Waals surface area contributed by atoms with Gasteiger partial charge in [-0.3, -0.25) is 9.59 Å². The molecular formula is C22H17ClN2O4. The number of anilines is 1. The largest absolute Gasteiger partial charge is 0.454 e. The van der Waals surface area contributed by atoms with E-state index in [1.165, 1.54) is 6.07 Å². The van der Waals surface area contributed by atoms with E-state index in [-0.39, 0.29) is 25.2 Å². The molecular weight excluding hydrogens is 392 g/mol. The Morgan fingerprint density at radius 1 is 0.897 bits per heavy atom. The fourth-order valence-corrected chi connectivity index (χ4v) is 3.20. The van der Waals surface area contributed by atoms with Crippen molar-refractivity contribution in [3.63, 3.8) is 0 Å². The third kappa shape index (κ3) is 4.33. The first kappa shape index (κ1) is 18.8. The van der Waals surface area contributed by atoms with Gasteiger partial charge in [-0.05, 0) is 42.0 Å².